The molecule has 2 N–H and O–H groups in total. The van der Waals surface area contributed by atoms with Gasteiger partial charge in [0.2, 0.25) is 5.91 Å². The molecule has 10 heteroatoms. The maximum Gasteiger partial charge on any atom is 0.257 e. The number of nitrogens with one attached hydrogen (secondary N) is 2. The zero-order valence-electron chi connectivity index (χ0n) is 19.7. The van der Waals surface area contributed by atoms with Gasteiger partial charge in [0.15, 0.2) is 0 Å². The Morgan fingerprint density at radius 1 is 0.973 bits per heavy atom. The van der Waals surface area contributed by atoms with Gasteiger partial charge >= 0.3 is 0 Å². The van der Waals surface area contributed by atoms with Gasteiger partial charge in [-0.1, -0.05) is 46.9 Å². The number of anilines is 2. The van der Waals surface area contributed by atoms with E-state index >= 15 is 0 Å². The van der Waals surface area contributed by atoms with Crippen LogP contribution in [-0.2, 0) is 9.53 Å². The second-order valence-electron chi connectivity index (χ2n) is 8.77. The zero-order chi connectivity index (χ0) is 27.1. The Hall–Kier alpha value is -1.99. The smallest absolute Gasteiger partial charge is 0.257 e. The first-order chi connectivity index (χ1) is 17.4. The van der Waals surface area contributed by atoms with Crippen LogP contribution in [0, 0.1) is 19.8 Å². The molecule has 3 unspecified atom stereocenters. The van der Waals surface area contributed by atoms with Crippen molar-refractivity contribution in [1.82, 2.24) is 0 Å². The first-order valence-corrected chi connectivity index (χ1v) is 13.0. The third-order valence-electron chi connectivity index (χ3n) is 6.21. The topological polar surface area (TPSA) is 67.4 Å². The molecule has 1 radical (unpaired) electrons. The molecular formula is C27H22Cl5N2O3. The van der Waals surface area contributed by atoms with Gasteiger partial charge in [0.05, 0.1) is 22.6 Å². The monoisotopic (exact) mass is 597 g/mol. The molecule has 0 saturated heterocycles. The fourth-order valence-electron chi connectivity index (χ4n) is 4.17. The number of aryl methyl sites for hydroxylation is 1. The summed E-state index contributed by atoms with van der Waals surface area (Å²) in [4.78, 5) is 26.1. The number of amides is 2. The Morgan fingerprint density at radius 3 is 2.27 bits per heavy atom. The largest absolute Gasteiger partial charge is 0.377 e. The predicted molar refractivity (Wildman–Crippen MR) is 151 cm³/mol. The highest BCUT2D eigenvalue weighted by molar-refractivity contribution is 6.53. The van der Waals surface area contributed by atoms with Crippen molar-refractivity contribution in [2.45, 2.75) is 23.3 Å². The molecule has 3 atom stereocenters. The van der Waals surface area contributed by atoms with E-state index in [4.69, 9.17) is 62.7 Å². The number of hydrogen-bond acceptors (Lipinski definition) is 3. The molecule has 0 spiro atoms. The highest BCUT2D eigenvalue weighted by atomic mass is 35.5. The molecule has 1 aliphatic carbocycles. The van der Waals surface area contributed by atoms with Crippen LogP contribution >= 0.6 is 58.0 Å². The zero-order valence-corrected chi connectivity index (χ0v) is 23.5. The molecule has 0 bridgehead atoms. The van der Waals surface area contributed by atoms with Crippen molar-refractivity contribution >= 4 is 81.2 Å². The third kappa shape index (κ3) is 6.03. The SMILES string of the molecule is [CH2]C(OC)c1ccc(NC(=O)c2cc(NC(=O)C3C(c4cc(Cl)cc(Cl)c4)C3(Cl)Cl)ccc2Cl)c(C)c1. The van der Waals surface area contributed by atoms with E-state index in [9.17, 15) is 9.59 Å². The van der Waals surface area contributed by atoms with Crippen LogP contribution in [0.4, 0.5) is 11.4 Å². The van der Waals surface area contributed by atoms with Crippen LogP contribution in [0.25, 0.3) is 0 Å². The van der Waals surface area contributed by atoms with Gasteiger partial charge in [-0.25, -0.2) is 0 Å². The van der Waals surface area contributed by atoms with Crippen molar-refractivity contribution < 1.29 is 14.3 Å². The van der Waals surface area contributed by atoms with Crippen molar-refractivity contribution in [1.29, 1.82) is 0 Å². The molecule has 1 saturated carbocycles. The van der Waals surface area contributed by atoms with Crippen LogP contribution in [0.5, 0.6) is 0 Å². The van der Waals surface area contributed by atoms with E-state index in [1.165, 1.54) is 12.1 Å². The molecule has 3 aromatic carbocycles. The van der Waals surface area contributed by atoms with Crippen LogP contribution in [0.1, 0.15) is 39.1 Å². The number of ether oxygens (including phenoxy) is 1. The van der Waals surface area contributed by atoms with E-state index in [1.807, 2.05) is 19.1 Å². The number of benzene rings is 3. The van der Waals surface area contributed by atoms with Crippen molar-refractivity contribution in [3.05, 3.63) is 98.8 Å². The first-order valence-electron chi connectivity index (χ1n) is 11.1. The Labute approximate surface area is 240 Å². The van der Waals surface area contributed by atoms with E-state index in [-0.39, 0.29) is 16.7 Å². The number of rotatable bonds is 7. The Balaban J connectivity index is 1.50. The van der Waals surface area contributed by atoms with Crippen molar-refractivity contribution in [2.75, 3.05) is 17.7 Å². The molecule has 3 aromatic rings. The molecule has 0 heterocycles. The molecule has 2 amide bonds. The van der Waals surface area contributed by atoms with Gasteiger partial charge in [-0.3, -0.25) is 9.59 Å². The van der Waals surface area contributed by atoms with Crippen LogP contribution in [0.15, 0.2) is 54.6 Å². The number of halogens is 5. The lowest BCUT2D eigenvalue weighted by atomic mass is 10.1. The van der Waals surface area contributed by atoms with E-state index in [0.717, 1.165) is 11.1 Å². The quantitative estimate of drug-likeness (QED) is 0.269. The minimum absolute atomic E-state index is 0.187. The first kappa shape index (κ1) is 28.0. The minimum atomic E-state index is -1.33. The summed E-state index contributed by atoms with van der Waals surface area (Å²) < 4.78 is 3.91. The van der Waals surface area contributed by atoms with Gasteiger partial charge < -0.3 is 15.4 Å². The minimum Gasteiger partial charge on any atom is -0.377 e. The summed E-state index contributed by atoms with van der Waals surface area (Å²) in [5.41, 5.74) is 3.54. The molecule has 0 aliphatic heterocycles. The summed E-state index contributed by atoms with van der Waals surface area (Å²) in [6.07, 6.45) is -0.320. The predicted octanol–water partition coefficient (Wildman–Crippen LogP) is 8.26. The van der Waals surface area contributed by atoms with Crippen molar-refractivity contribution in [3.63, 3.8) is 0 Å². The summed E-state index contributed by atoms with van der Waals surface area (Å²) in [6.45, 7) is 5.78. The third-order valence-corrected chi connectivity index (χ3v) is 7.92. The van der Waals surface area contributed by atoms with Gasteiger partial charge in [0, 0.05) is 34.4 Å². The maximum atomic E-state index is 13.1. The van der Waals surface area contributed by atoms with E-state index in [2.05, 4.69) is 17.6 Å². The summed E-state index contributed by atoms with van der Waals surface area (Å²) in [5, 5.41) is 6.69. The van der Waals surface area contributed by atoms with Gasteiger partial charge in [-0.2, -0.15) is 0 Å². The van der Waals surface area contributed by atoms with Crippen LogP contribution < -0.4 is 10.6 Å². The fraction of sp³-hybridized carbons (Fsp3) is 0.222. The van der Waals surface area contributed by atoms with Crippen LogP contribution in [-0.4, -0.2) is 23.3 Å². The Bertz CT molecular complexity index is 1360. The molecule has 5 nitrogen and oxygen atoms in total. The van der Waals surface area contributed by atoms with Gasteiger partial charge in [0.1, 0.15) is 4.33 Å². The second kappa shape index (κ2) is 11.0. The lowest BCUT2D eigenvalue weighted by Gasteiger charge is -2.14. The summed E-state index contributed by atoms with van der Waals surface area (Å²) in [6, 6.07) is 15.0. The second-order valence-corrected chi connectivity index (χ2v) is 11.5. The van der Waals surface area contributed by atoms with Crippen LogP contribution in [0.2, 0.25) is 15.1 Å². The number of alkyl halides is 2. The standard InChI is InChI=1S/C27H22Cl5N2O3/c1-13-8-15(14(2)37-3)4-7-22(13)34-25(35)20-12-19(5-6-21(20)30)33-26(36)24-23(27(24,31)32)16-9-17(28)11-18(29)10-16/h4-12,14,23-24H,2H2,1,3H3,(H,33,36)(H,34,35). The molecule has 37 heavy (non-hydrogen) atoms. The molecule has 1 fully saturated rings. The van der Waals surface area contributed by atoms with Gasteiger partial charge in [0.25, 0.3) is 5.91 Å². The number of carbonyl (C=O) groups excluding carboxylic acids is 2. The highest BCUT2D eigenvalue weighted by Crippen LogP contribution is 2.65. The van der Waals surface area contributed by atoms with Crippen molar-refractivity contribution in [3.8, 4) is 0 Å². The average molecular weight is 600 g/mol. The van der Waals surface area contributed by atoms with Crippen molar-refractivity contribution in [2.24, 2.45) is 5.92 Å². The normalized spacial score (nSPS) is 18.7. The lowest BCUT2D eigenvalue weighted by molar-refractivity contribution is -0.117. The number of methoxy groups -OCH3 is 1. The molecule has 4 rings (SSSR count). The van der Waals surface area contributed by atoms with E-state index in [1.54, 1.807) is 37.4 Å². The Kier molecular flexibility index (Phi) is 8.34. The number of hydrogen-bond donors (Lipinski definition) is 2. The highest BCUT2D eigenvalue weighted by Gasteiger charge is 2.67. The maximum absolute atomic E-state index is 13.1. The summed E-state index contributed by atoms with van der Waals surface area (Å²) >= 11 is 31.4. The fourth-order valence-corrected chi connectivity index (χ4v) is 5.75. The molecule has 0 aromatic heterocycles. The molecular weight excluding hydrogens is 578 g/mol. The van der Waals surface area contributed by atoms with Crippen LogP contribution in [0.3, 0.4) is 0 Å². The van der Waals surface area contributed by atoms with Gasteiger partial charge in [-0.05, 0) is 73.0 Å². The molecule has 1 aliphatic rings. The number of carbonyl (C=O) groups is 2. The molecule has 193 valence electrons. The lowest BCUT2D eigenvalue weighted by Crippen LogP contribution is -2.18. The average Bonchev–Trinajstić information content (AvgIpc) is 3.42. The van der Waals surface area contributed by atoms with E-state index < -0.39 is 28.0 Å². The summed E-state index contributed by atoms with van der Waals surface area (Å²) in [7, 11) is 1.58. The summed E-state index contributed by atoms with van der Waals surface area (Å²) in [5.74, 6) is -2.09. The van der Waals surface area contributed by atoms with E-state index in [0.29, 0.717) is 27.0 Å². The Morgan fingerprint density at radius 2 is 1.65 bits per heavy atom. The van der Waals surface area contributed by atoms with Gasteiger partial charge in [-0.15, -0.1) is 23.2 Å².